The van der Waals surface area contributed by atoms with Gasteiger partial charge < -0.3 is 14.8 Å². The van der Waals surface area contributed by atoms with Crippen molar-refractivity contribution in [2.75, 3.05) is 32.1 Å². The first-order valence-electron chi connectivity index (χ1n) is 8.39. The van der Waals surface area contributed by atoms with Crippen molar-refractivity contribution in [1.82, 2.24) is 4.31 Å². The molecule has 2 aromatic carbocycles. The van der Waals surface area contributed by atoms with Crippen LogP contribution in [0.4, 0.5) is 5.69 Å². The second-order valence-electron chi connectivity index (χ2n) is 6.07. The van der Waals surface area contributed by atoms with Crippen LogP contribution in [0, 0.1) is 0 Å². The summed E-state index contributed by atoms with van der Waals surface area (Å²) in [6, 6.07) is 9.16. The van der Waals surface area contributed by atoms with Gasteiger partial charge in [-0.3, -0.25) is 4.79 Å². The molecule has 10 heteroatoms. The molecule has 2 aromatic rings. The normalized spacial score (nSPS) is 13.9. The summed E-state index contributed by atoms with van der Waals surface area (Å²) in [4.78, 5) is 12.3. The van der Waals surface area contributed by atoms with Crippen molar-refractivity contribution < 1.29 is 22.7 Å². The number of ether oxygens (including phenoxy) is 2. The molecule has 0 aromatic heterocycles. The van der Waals surface area contributed by atoms with Crippen LogP contribution in [0.2, 0.25) is 10.0 Å². The Morgan fingerprint density at radius 3 is 2.61 bits per heavy atom. The van der Waals surface area contributed by atoms with Crippen molar-refractivity contribution in [3.8, 4) is 11.5 Å². The molecule has 7 nitrogen and oxygen atoms in total. The predicted octanol–water partition coefficient (Wildman–Crippen LogP) is 3.41. The molecule has 150 valence electrons. The molecule has 1 amide bonds. The Morgan fingerprint density at radius 1 is 1.14 bits per heavy atom. The minimum absolute atomic E-state index is 0.00726. The number of nitrogens with zero attached hydrogens (tertiary/aromatic N) is 1. The number of benzene rings is 2. The van der Waals surface area contributed by atoms with E-state index in [1.807, 2.05) is 0 Å². The van der Waals surface area contributed by atoms with Gasteiger partial charge in [-0.1, -0.05) is 29.3 Å². The number of sulfonamides is 1. The summed E-state index contributed by atoms with van der Waals surface area (Å²) >= 11 is 11.9. The van der Waals surface area contributed by atoms with Crippen LogP contribution in [0.15, 0.2) is 41.3 Å². The molecule has 0 fully saturated rings. The summed E-state index contributed by atoms with van der Waals surface area (Å²) in [5.74, 6) is 0.305. The van der Waals surface area contributed by atoms with E-state index in [-0.39, 0.29) is 14.9 Å². The van der Waals surface area contributed by atoms with Gasteiger partial charge in [-0.15, -0.1) is 0 Å². The summed E-state index contributed by atoms with van der Waals surface area (Å²) in [6.07, 6.45) is 0.711. The number of fused-ring (bicyclic) bond motifs is 1. The number of carbonyl (C=O) groups excluding carboxylic acids is 1. The van der Waals surface area contributed by atoms with Crippen LogP contribution in [0.3, 0.4) is 0 Å². The molecular formula is C18H18Cl2N2O5S. The summed E-state index contributed by atoms with van der Waals surface area (Å²) in [6.45, 7) is 0.542. The van der Waals surface area contributed by atoms with E-state index in [0.717, 1.165) is 4.31 Å². The Labute approximate surface area is 173 Å². The van der Waals surface area contributed by atoms with Crippen LogP contribution in [0.1, 0.15) is 6.42 Å². The van der Waals surface area contributed by atoms with Gasteiger partial charge in [0, 0.05) is 19.5 Å². The number of hydrogen-bond acceptors (Lipinski definition) is 5. The topological polar surface area (TPSA) is 84.9 Å². The molecule has 0 unspecified atom stereocenters. The number of rotatable bonds is 5. The molecule has 0 aliphatic carbocycles. The lowest BCUT2D eigenvalue weighted by Crippen LogP contribution is -2.35. The Morgan fingerprint density at radius 2 is 1.86 bits per heavy atom. The highest BCUT2D eigenvalue weighted by Gasteiger charge is 2.25. The predicted molar refractivity (Wildman–Crippen MR) is 107 cm³/mol. The zero-order chi connectivity index (χ0) is 20.3. The quantitative estimate of drug-likeness (QED) is 0.763. The third-order valence-corrected chi connectivity index (χ3v) is 6.64. The maximum absolute atomic E-state index is 12.8. The number of hydrogen-bond donors (Lipinski definition) is 1. The van der Waals surface area contributed by atoms with E-state index in [4.69, 9.17) is 32.7 Å². The molecule has 1 aliphatic rings. The molecule has 0 bridgehead atoms. The number of likely N-dealkylation sites (N-methyl/N-ethyl adjacent to an activating group) is 1. The van der Waals surface area contributed by atoms with Crippen LogP contribution in [-0.4, -0.2) is 45.4 Å². The molecule has 28 heavy (non-hydrogen) atoms. The largest absolute Gasteiger partial charge is 0.490 e. The van der Waals surface area contributed by atoms with E-state index in [1.165, 1.54) is 19.2 Å². The van der Waals surface area contributed by atoms with Gasteiger partial charge in [-0.2, -0.15) is 4.31 Å². The first kappa shape index (κ1) is 20.7. The fourth-order valence-corrected chi connectivity index (χ4v) is 4.05. The summed E-state index contributed by atoms with van der Waals surface area (Å²) in [5, 5.41) is 3.03. The molecular weight excluding hydrogens is 427 g/mol. The number of halogens is 2. The average Bonchev–Trinajstić information content (AvgIpc) is 2.90. The number of anilines is 1. The summed E-state index contributed by atoms with van der Waals surface area (Å²) in [7, 11) is -2.60. The number of carbonyl (C=O) groups is 1. The van der Waals surface area contributed by atoms with Crippen molar-refractivity contribution >= 4 is 44.8 Å². The lowest BCUT2D eigenvalue weighted by atomic mass is 10.3. The average molecular weight is 445 g/mol. The first-order chi connectivity index (χ1) is 13.3. The first-order valence-corrected chi connectivity index (χ1v) is 10.6. The van der Waals surface area contributed by atoms with Gasteiger partial charge >= 0.3 is 0 Å². The van der Waals surface area contributed by atoms with E-state index in [0.29, 0.717) is 36.8 Å². The molecule has 3 rings (SSSR count). The van der Waals surface area contributed by atoms with Crippen molar-refractivity contribution in [1.29, 1.82) is 0 Å². The van der Waals surface area contributed by atoms with Crippen LogP contribution in [0.25, 0.3) is 0 Å². The molecule has 0 spiro atoms. The highest BCUT2D eigenvalue weighted by Crippen LogP contribution is 2.33. The van der Waals surface area contributed by atoms with Gasteiger partial charge in [0.2, 0.25) is 15.9 Å². The fraction of sp³-hybridized carbons (Fsp3) is 0.278. The highest BCUT2D eigenvalue weighted by molar-refractivity contribution is 7.89. The van der Waals surface area contributed by atoms with Gasteiger partial charge in [0.05, 0.1) is 40.4 Å². The Hall–Kier alpha value is -2.00. The Bertz CT molecular complexity index is 997. The molecule has 1 aliphatic heterocycles. The van der Waals surface area contributed by atoms with Crippen molar-refractivity contribution in [3.63, 3.8) is 0 Å². The molecule has 0 saturated carbocycles. The fourth-order valence-electron chi connectivity index (χ4n) is 2.56. The van der Waals surface area contributed by atoms with E-state index in [1.54, 1.807) is 24.3 Å². The monoisotopic (exact) mass is 444 g/mol. The maximum atomic E-state index is 12.8. The Kier molecular flexibility index (Phi) is 6.34. The second kappa shape index (κ2) is 8.57. The molecule has 0 saturated heterocycles. The zero-order valence-corrected chi connectivity index (χ0v) is 17.3. The zero-order valence-electron chi connectivity index (χ0n) is 14.9. The van der Waals surface area contributed by atoms with Crippen molar-refractivity contribution in [2.24, 2.45) is 0 Å². The van der Waals surface area contributed by atoms with Crippen LogP contribution >= 0.6 is 23.2 Å². The van der Waals surface area contributed by atoms with Gasteiger partial charge in [-0.25, -0.2) is 8.42 Å². The smallest absolute Gasteiger partial charge is 0.243 e. The van der Waals surface area contributed by atoms with Gasteiger partial charge in [0.1, 0.15) is 0 Å². The van der Waals surface area contributed by atoms with E-state index < -0.39 is 22.5 Å². The second-order valence-corrected chi connectivity index (χ2v) is 8.90. The van der Waals surface area contributed by atoms with Crippen LogP contribution in [-0.2, 0) is 14.8 Å². The standard InChI is InChI=1S/C18H18Cl2N2O5S/c1-22(11-17(23)21-14-5-2-4-13(19)18(14)20)28(24,25)12-6-7-15-16(10-12)27-9-3-8-26-15/h2,4-7,10H,3,8-9,11H2,1H3,(H,21,23). The SMILES string of the molecule is CN(CC(=O)Nc1cccc(Cl)c1Cl)S(=O)(=O)c1ccc2c(c1)OCCCO2. The Balaban J connectivity index is 1.74. The van der Waals surface area contributed by atoms with Crippen molar-refractivity contribution in [3.05, 3.63) is 46.4 Å². The maximum Gasteiger partial charge on any atom is 0.243 e. The van der Waals surface area contributed by atoms with Gasteiger partial charge in [0.15, 0.2) is 11.5 Å². The van der Waals surface area contributed by atoms with E-state index in [9.17, 15) is 13.2 Å². The lowest BCUT2D eigenvalue weighted by molar-refractivity contribution is -0.116. The van der Waals surface area contributed by atoms with E-state index in [2.05, 4.69) is 5.32 Å². The van der Waals surface area contributed by atoms with Gasteiger partial charge in [-0.05, 0) is 24.3 Å². The third kappa shape index (κ3) is 4.52. The van der Waals surface area contributed by atoms with Crippen molar-refractivity contribution in [2.45, 2.75) is 11.3 Å². The minimum Gasteiger partial charge on any atom is -0.490 e. The number of amides is 1. The summed E-state index contributed by atoms with van der Waals surface area (Å²) in [5.41, 5.74) is 0.306. The van der Waals surface area contributed by atoms with Gasteiger partial charge in [0.25, 0.3) is 0 Å². The molecule has 1 N–H and O–H groups in total. The number of nitrogens with one attached hydrogen (secondary N) is 1. The van der Waals surface area contributed by atoms with E-state index >= 15 is 0 Å². The highest BCUT2D eigenvalue weighted by atomic mass is 35.5. The molecule has 1 heterocycles. The molecule has 0 atom stereocenters. The minimum atomic E-state index is -3.91. The molecule has 0 radical (unpaired) electrons. The summed E-state index contributed by atoms with van der Waals surface area (Å²) < 4.78 is 37.6. The van der Waals surface area contributed by atoms with Crippen LogP contribution < -0.4 is 14.8 Å². The lowest BCUT2D eigenvalue weighted by Gasteiger charge is -2.18. The van der Waals surface area contributed by atoms with Crippen LogP contribution in [0.5, 0.6) is 11.5 Å². The third-order valence-electron chi connectivity index (χ3n) is 4.02.